The summed E-state index contributed by atoms with van der Waals surface area (Å²) in [6, 6.07) is 5.01. The van der Waals surface area contributed by atoms with Crippen molar-refractivity contribution in [2.24, 2.45) is 7.05 Å². The van der Waals surface area contributed by atoms with Crippen LogP contribution in [0.3, 0.4) is 0 Å². The fourth-order valence-electron chi connectivity index (χ4n) is 1.30. The largest absolute Gasteiger partial charge is 0.478 e. The summed E-state index contributed by atoms with van der Waals surface area (Å²) in [5, 5.41) is 12.7. The van der Waals surface area contributed by atoms with Crippen LogP contribution in [0, 0.1) is 0 Å². The van der Waals surface area contributed by atoms with Crippen LogP contribution in [0.4, 0.5) is 0 Å². The van der Waals surface area contributed by atoms with Crippen LogP contribution < -0.4 is 0 Å². The van der Waals surface area contributed by atoms with Crippen molar-refractivity contribution in [3.05, 3.63) is 36.2 Å². The summed E-state index contributed by atoms with van der Waals surface area (Å²) >= 11 is 0. The number of hydrogen-bond acceptors (Lipinski definition) is 3. The van der Waals surface area contributed by atoms with E-state index in [-0.39, 0.29) is 5.56 Å². The summed E-state index contributed by atoms with van der Waals surface area (Å²) in [6.45, 7) is 0. The van der Waals surface area contributed by atoms with Gasteiger partial charge in [0.1, 0.15) is 0 Å². The van der Waals surface area contributed by atoms with Gasteiger partial charge in [0.15, 0.2) is 0 Å². The van der Waals surface area contributed by atoms with Crippen molar-refractivity contribution in [2.75, 3.05) is 0 Å². The third-order valence-corrected chi connectivity index (χ3v) is 2.09. The monoisotopic (exact) mass is 203 g/mol. The van der Waals surface area contributed by atoms with Crippen LogP contribution in [0.25, 0.3) is 11.4 Å². The van der Waals surface area contributed by atoms with E-state index in [1.807, 2.05) is 13.1 Å². The van der Waals surface area contributed by atoms with E-state index >= 15 is 0 Å². The molecule has 0 atom stereocenters. The Labute approximate surface area is 86.0 Å². The zero-order chi connectivity index (χ0) is 10.8. The highest BCUT2D eigenvalue weighted by Gasteiger charge is 2.06. The second-order valence-corrected chi connectivity index (χ2v) is 3.08. The molecule has 0 aromatic carbocycles. The zero-order valence-electron chi connectivity index (χ0n) is 8.08. The Morgan fingerprint density at radius 1 is 1.40 bits per heavy atom. The first-order valence-electron chi connectivity index (χ1n) is 4.36. The first kappa shape index (κ1) is 9.39. The van der Waals surface area contributed by atoms with E-state index in [9.17, 15) is 4.79 Å². The number of rotatable bonds is 2. The van der Waals surface area contributed by atoms with E-state index < -0.39 is 5.97 Å². The van der Waals surface area contributed by atoms with Crippen molar-refractivity contribution in [1.82, 2.24) is 14.8 Å². The lowest BCUT2D eigenvalue weighted by molar-refractivity contribution is 0.0696. The number of hydrogen-bond donors (Lipinski definition) is 1. The molecule has 0 fully saturated rings. The van der Waals surface area contributed by atoms with E-state index in [1.54, 1.807) is 16.9 Å². The Morgan fingerprint density at radius 2 is 2.20 bits per heavy atom. The molecule has 0 aliphatic carbocycles. The minimum atomic E-state index is -0.973. The van der Waals surface area contributed by atoms with Gasteiger partial charge in [-0.2, -0.15) is 5.10 Å². The number of pyridine rings is 1. The van der Waals surface area contributed by atoms with Crippen LogP contribution in [-0.4, -0.2) is 25.8 Å². The maximum atomic E-state index is 10.6. The maximum Gasteiger partial charge on any atom is 0.337 e. The summed E-state index contributed by atoms with van der Waals surface area (Å²) in [5.74, 6) is -0.973. The van der Waals surface area contributed by atoms with Gasteiger partial charge in [-0.3, -0.25) is 9.67 Å². The number of carboxylic acid groups (broad SMARTS) is 1. The predicted octanol–water partition coefficient (Wildman–Crippen LogP) is 1.18. The molecule has 2 aromatic heterocycles. The average molecular weight is 203 g/mol. The van der Waals surface area contributed by atoms with Gasteiger partial charge >= 0.3 is 5.97 Å². The third kappa shape index (κ3) is 1.71. The molecule has 0 aliphatic heterocycles. The lowest BCUT2D eigenvalue weighted by atomic mass is 10.2. The Kier molecular flexibility index (Phi) is 2.21. The van der Waals surface area contributed by atoms with Gasteiger partial charge in [0.2, 0.25) is 0 Å². The van der Waals surface area contributed by atoms with Gasteiger partial charge in [-0.05, 0) is 18.2 Å². The van der Waals surface area contributed by atoms with Crippen LogP contribution in [-0.2, 0) is 7.05 Å². The number of nitrogens with zero attached hydrogens (tertiary/aromatic N) is 3. The van der Waals surface area contributed by atoms with Gasteiger partial charge in [0, 0.05) is 19.4 Å². The molecule has 2 heterocycles. The van der Waals surface area contributed by atoms with E-state index in [0.717, 1.165) is 5.69 Å². The van der Waals surface area contributed by atoms with Crippen molar-refractivity contribution in [1.29, 1.82) is 0 Å². The topological polar surface area (TPSA) is 68.0 Å². The smallest absolute Gasteiger partial charge is 0.337 e. The van der Waals surface area contributed by atoms with Gasteiger partial charge < -0.3 is 5.11 Å². The molecule has 0 radical (unpaired) electrons. The van der Waals surface area contributed by atoms with Gasteiger partial charge in [0.05, 0.1) is 17.0 Å². The molecule has 76 valence electrons. The van der Waals surface area contributed by atoms with Crippen LogP contribution in [0.5, 0.6) is 0 Å². The highest BCUT2D eigenvalue weighted by Crippen LogP contribution is 2.15. The Morgan fingerprint density at radius 3 is 2.67 bits per heavy atom. The molecule has 0 saturated carbocycles. The third-order valence-electron chi connectivity index (χ3n) is 2.09. The molecule has 5 heteroatoms. The Hall–Kier alpha value is -2.17. The van der Waals surface area contributed by atoms with E-state index in [1.165, 1.54) is 12.3 Å². The van der Waals surface area contributed by atoms with Crippen molar-refractivity contribution in [3.8, 4) is 11.4 Å². The van der Waals surface area contributed by atoms with Gasteiger partial charge in [-0.15, -0.1) is 0 Å². The summed E-state index contributed by atoms with van der Waals surface area (Å²) in [7, 11) is 1.81. The molecule has 1 N–H and O–H groups in total. The number of carbonyl (C=O) groups is 1. The summed E-state index contributed by atoms with van der Waals surface area (Å²) in [6.07, 6.45) is 3.01. The molecular formula is C10H9N3O2. The molecule has 0 bridgehead atoms. The number of carboxylic acids is 1. The van der Waals surface area contributed by atoms with Gasteiger partial charge in [-0.1, -0.05) is 0 Å². The highest BCUT2D eigenvalue weighted by atomic mass is 16.4. The molecule has 5 nitrogen and oxygen atoms in total. The molecular weight excluding hydrogens is 194 g/mol. The second-order valence-electron chi connectivity index (χ2n) is 3.08. The first-order valence-corrected chi connectivity index (χ1v) is 4.36. The van der Waals surface area contributed by atoms with Crippen LogP contribution in [0.1, 0.15) is 10.4 Å². The fraction of sp³-hybridized carbons (Fsp3) is 0.100. The van der Waals surface area contributed by atoms with Crippen molar-refractivity contribution in [3.63, 3.8) is 0 Å². The molecule has 0 unspecified atom stereocenters. The molecule has 15 heavy (non-hydrogen) atoms. The lowest BCUT2D eigenvalue weighted by Gasteiger charge is -2.01. The van der Waals surface area contributed by atoms with E-state index in [2.05, 4.69) is 10.1 Å². The highest BCUT2D eigenvalue weighted by molar-refractivity contribution is 5.87. The summed E-state index contributed by atoms with van der Waals surface area (Å²) in [4.78, 5) is 14.7. The minimum Gasteiger partial charge on any atom is -0.478 e. The van der Waals surface area contributed by atoms with Crippen LogP contribution in [0.2, 0.25) is 0 Å². The lowest BCUT2D eigenvalue weighted by Crippen LogP contribution is -1.99. The molecule has 0 aliphatic rings. The molecule has 2 rings (SSSR count). The second kappa shape index (κ2) is 3.53. The normalized spacial score (nSPS) is 10.2. The molecule has 0 spiro atoms. The van der Waals surface area contributed by atoms with Gasteiger partial charge in [-0.25, -0.2) is 4.79 Å². The quantitative estimate of drug-likeness (QED) is 0.795. The van der Waals surface area contributed by atoms with Crippen molar-refractivity contribution >= 4 is 5.97 Å². The standard InChI is InChI=1S/C10H9N3O2/c1-13-9(4-5-12-13)8-3-2-7(6-11-8)10(14)15/h2-6H,1H3,(H,14,15). The first-order chi connectivity index (χ1) is 7.18. The van der Waals surface area contributed by atoms with Gasteiger partial charge in [0.25, 0.3) is 0 Å². The van der Waals surface area contributed by atoms with Crippen LogP contribution in [0.15, 0.2) is 30.6 Å². The Balaban J connectivity index is 2.40. The Bertz CT molecular complexity index is 488. The number of aromatic nitrogens is 3. The van der Waals surface area contributed by atoms with Crippen molar-refractivity contribution in [2.45, 2.75) is 0 Å². The van der Waals surface area contributed by atoms with Crippen LogP contribution >= 0.6 is 0 Å². The SMILES string of the molecule is Cn1nccc1-c1ccc(C(=O)O)cn1. The number of aryl methyl sites for hydroxylation is 1. The van der Waals surface area contributed by atoms with E-state index in [0.29, 0.717) is 5.69 Å². The fourth-order valence-corrected chi connectivity index (χ4v) is 1.30. The van der Waals surface area contributed by atoms with Crippen molar-refractivity contribution < 1.29 is 9.90 Å². The minimum absolute atomic E-state index is 0.181. The molecule has 0 amide bonds. The van der Waals surface area contributed by atoms with E-state index in [4.69, 9.17) is 5.11 Å². The zero-order valence-corrected chi connectivity index (χ0v) is 8.08. The maximum absolute atomic E-state index is 10.6. The average Bonchev–Trinajstić information content (AvgIpc) is 2.65. The molecule has 2 aromatic rings. The number of aromatic carboxylic acids is 1. The predicted molar refractivity (Wildman–Crippen MR) is 53.4 cm³/mol. The molecule has 0 saturated heterocycles. The summed E-state index contributed by atoms with van der Waals surface area (Å²) < 4.78 is 1.68. The summed E-state index contributed by atoms with van der Waals surface area (Å²) in [5.41, 5.74) is 1.74.